The van der Waals surface area contributed by atoms with E-state index in [4.69, 9.17) is 4.74 Å². The Bertz CT molecular complexity index is 339. The van der Waals surface area contributed by atoms with Gasteiger partial charge in [0.05, 0.1) is 6.10 Å². The molecule has 162 valence electrons. The van der Waals surface area contributed by atoms with E-state index >= 15 is 0 Å². The molecule has 1 amide bonds. The summed E-state index contributed by atoms with van der Waals surface area (Å²) in [5.41, 5.74) is 0. The van der Waals surface area contributed by atoms with E-state index in [-0.39, 0.29) is 18.0 Å². The molecule has 0 spiro atoms. The van der Waals surface area contributed by atoms with E-state index in [0.717, 1.165) is 19.5 Å². The molecule has 0 saturated heterocycles. The molecule has 0 bridgehead atoms. The molecule has 4 nitrogen and oxygen atoms in total. The van der Waals surface area contributed by atoms with Crippen LogP contribution in [0.1, 0.15) is 119 Å². The third-order valence-electron chi connectivity index (χ3n) is 4.56. The van der Waals surface area contributed by atoms with Crippen LogP contribution in [0, 0.1) is 0 Å². The smallest absolute Gasteiger partial charge is 0.306 e. The van der Waals surface area contributed by atoms with Crippen molar-refractivity contribution >= 4 is 11.9 Å². The molecule has 27 heavy (non-hydrogen) atoms. The lowest BCUT2D eigenvalue weighted by atomic mass is 10.1. The van der Waals surface area contributed by atoms with E-state index in [9.17, 15) is 9.59 Å². The Kier molecular flexibility index (Phi) is 22.1. The summed E-state index contributed by atoms with van der Waals surface area (Å²) in [5.74, 6) is 0.126. The van der Waals surface area contributed by atoms with Crippen molar-refractivity contribution in [1.29, 1.82) is 0 Å². The molecule has 4 heteroatoms. The Morgan fingerprint density at radius 2 is 1.15 bits per heavy atom. The Labute approximate surface area is 169 Å². The standard InChI is InChI=1S/C17H34O2.C6H13NO/c1-4-5-6-7-8-9-10-11-12-13-14-15-17(18)19-16(2)3;1-4-7(5-2)6(3)8/h16H,4-15H2,1-3H3;4-5H2,1-3H3. The first-order valence-corrected chi connectivity index (χ1v) is 11.3. The van der Waals surface area contributed by atoms with Gasteiger partial charge in [0, 0.05) is 26.4 Å². The summed E-state index contributed by atoms with van der Waals surface area (Å²) in [7, 11) is 0. The molecule has 0 rings (SSSR count). The zero-order valence-electron chi connectivity index (χ0n) is 19.1. The third kappa shape index (κ3) is 22.9. The van der Waals surface area contributed by atoms with Gasteiger partial charge in [-0.15, -0.1) is 0 Å². The molecule has 0 aromatic rings. The Morgan fingerprint density at radius 3 is 1.44 bits per heavy atom. The van der Waals surface area contributed by atoms with Crippen molar-refractivity contribution in [1.82, 2.24) is 4.90 Å². The van der Waals surface area contributed by atoms with E-state index < -0.39 is 0 Å². The van der Waals surface area contributed by atoms with Gasteiger partial charge < -0.3 is 9.64 Å². The lowest BCUT2D eigenvalue weighted by Crippen LogP contribution is -2.27. The lowest BCUT2D eigenvalue weighted by Gasteiger charge is -2.14. The van der Waals surface area contributed by atoms with Crippen LogP contribution in [0.3, 0.4) is 0 Å². The zero-order chi connectivity index (χ0) is 20.9. The highest BCUT2D eigenvalue weighted by molar-refractivity contribution is 5.73. The van der Waals surface area contributed by atoms with Gasteiger partial charge in [0.1, 0.15) is 0 Å². The van der Waals surface area contributed by atoms with Crippen LogP contribution in [0.2, 0.25) is 0 Å². The number of esters is 1. The summed E-state index contributed by atoms with van der Waals surface area (Å²) in [5, 5.41) is 0. The third-order valence-corrected chi connectivity index (χ3v) is 4.56. The number of ether oxygens (including phenoxy) is 1. The lowest BCUT2D eigenvalue weighted by molar-refractivity contribution is -0.147. The summed E-state index contributed by atoms with van der Waals surface area (Å²) in [4.78, 5) is 23.6. The largest absolute Gasteiger partial charge is 0.463 e. The van der Waals surface area contributed by atoms with E-state index in [2.05, 4.69) is 6.92 Å². The number of carbonyl (C=O) groups excluding carboxylic acids is 2. The van der Waals surface area contributed by atoms with Crippen LogP contribution < -0.4 is 0 Å². The maximum atomic E-state index is 11.3. The van der Waals surface area contributed by atoms with Crippen molar-refractivity contribution < 1.29 is 14.3 Å². The molecule has 0 aliphatic carbocycles. The van der Waals surface area contributed by atoms with Gasteiger partial charge in [-0.05, 0) is 34.1 Å². The van der Waals surface area contributed by atoms with E-state index in [1.54, 1.807) is 11.8 Å². The number of hydrogen-bond acceptors (Lipinski definition) is 3. The topological polar surface area (TPSA) is 46.6 Å². The maximum absolute atomic E-state index is 11.3. The van der Waals surface area contributed by atoms with Crippen molar-refractivity contribution in [2.75, 3.05) is 13.1 Å². The molecule has 0 unspecified atom stereocenters. The van der Waals surface area contributed by atoms with Crippen molar-refractivity contribution in [2.45, 2.75) is 125 Å². The van der Waals surface area contributed by atoms with Gasteiger partial charge in [-0.25, -0.2) is 0 Å². The van der Waals surface area contributed by atoms with E-state index in [1.807, 2.05) is 27.7 Å². The van der Waals surface area contributed by atoms with Crippen LogP contribution in [0.15, 0.2) is 0 Å². The molecule has 0 radical (unpaired) electrons. The molecule has 0 aromatic carbocycles. The molecule has 0 atom stereocenters. The number of rotatable bonds is 15. The second-order valence-electron chi connectivity index (χ2n) is 7.52. The number of carbonyl (C=O) groups is 2. The molecule has 0 aliphatic rings. The van der Waals surface area contributed by atoms with Crippen LogP contribution >= 0.6 is 0 Å². The summed E-state index contributed by atoms with van der Waals surface area (Å²) >= 11 is 0. The maximum Gasteiger partial charge on any atom is 0.306 e. The molecule has 0 N–H and O–H groups in total. The monoisotopic (exact) mass is 385 g/mol. The minimum absolute atomic E-state index is 0.0280. The molecular weight excluding hydrogens is 338 g/mol. The Balaban J connectivity index is 0. The number of amides is 1. The summed E-state index contributed by atoms with van der Waals surface area (Å²) in [6.07, 6.45) is 15.1. The average Bonchev–Trinajstić information content (AvgIpc) is 2.60. The second-order valence-corrected chi connectivity index (χ2v) is 7.52. The SMILES string of the molecule is CCCCCCCCCCCCCC(=O)OC(C)C.CCN(CC)C(C)=O. The molecular formula is C23H47NO3. The number of hydrogen-bond donors (Lipinski definition) is 0. The first-order valence-electron chi connectivity index (χ1n) is 11.3. The fourth-order valence-electron chi connectivity index (χ4n) is 2.92. The Morgan fingerprint density at radius 1 is 0.741 bits per heavy atom. The average molecular weight is 386 g/mol. The summed E-state index contributed by atoms with van der Waals surface area (Å²) in [6.45, 7) is 13.3. The van der Waals surface area contributed by atoms with Crippen LogP contribution in [-0.4, -0.2) is 36.0 Å². The summed E-state index contributed by atoms with van der Waals surface area (Å²) in [6, 6.07) is 0. The van der Waals surface area contributed by atoms with Gasteiger partial charge in [-0.1, -0.05) is 71.1 Å². The highest BCUT2D eigenvalue weighted by Gasteiger charge is 2.04. The minimum atomic E-state index is -0.0362. The van der Waals surface area contributed by atoms with Crippen LogP contribution in [0.4, 0.5) is 0 Å². The molecule has 0 saturated carbocycles. The summed E-state index contributed by atoms with van der Waals surface area (Å²) < 4.78 is 5.10. The van der Waals surface area contributed by atoms with Gasteiger partial charge in [0.15, 0.2) is 0 Å². The van der Waals surface area contributed by atoms with Crippen molar-refractivity contribution in [3.8, 4) is 0 Å². The fourth-order valence-corrected chi connectivity index (χ4v) is 2.92. The van der Waals surface area contributed by atoms with Crippen molar-refractivity contribution in [3.63, 3.8) is 0 Å². The molecule has 0 heterocycles. The van der Waals surface area contributed by atoms with Crippen LogP contribution in [0.25, 0.3) is 0 Å². The zero-order valence-corrected chi connectivity index (χ0v) is 19.1. The molecule has 0 fully saturated rings. The molecule has 0 aliphatic heterocycles. The number of nitrogens with zero attached hydrogens (tertiary/aromatic N) is 1. The van der Waals surface area contributed by atoms with E-state index in [0.29, 0.717) is 6.42 Å². The predicted molar refractivity (Wildman–Crippen MR) is 116 cm³/mol. The fraction of sp³-hybridized carbons (Fsp3) is 0.913. The molecule has 0 aromatic heterocycles. The quantitative estimate of drug-likeness (QED) is 0.238. The normalized spacial score (nSPS) is 10.3. The van der Waals surface area contributed by atoms with E-state index in [1.165, 1.54) is 64.2 Å². The minimum Gasteiger partial charge on any atom is -0.463 e. The predicted octanol–water partition coefficient (Wildman–Crippen LogP) is 6.51. The van der Waals surface area contributed by atoms with Gasteiger partial charge >= 0.3 is 5.97 Å². The highest BCUT2D eigenvalue weighted by Crippen LogP contribution is 2.12. The first-order chi connectivity index (χ1) is 12.9. The second kappa shape index (κ2) is 21.2. The van der Waals surface area contributed by atoms with Gasteiger partial charge in [-0.3, -0.25) is 9.59 Å². The van der Waals surface area contributed by atoms with Gasteiger partial charge in [-0.2, -0.15) is 0 Å². The van der Waals surface area contributed by atoms with Gasteiger partial charge in [0.2, 0.25) is 5.91 Å². The van der Waals surface area contributed by atoms with Crippen molar-refractivity contribution in [3.05, 3.63) is 0 Å². The van der Waals surface area contributed by atoms with Gasteiger partial charge in [0.25, 0.3) is 0 Å². The van der Waals surface area contributed by atoms with Crippen LogP contribution in [0.5, 0.6) is 0 Å². The Hall–Kier alpha value is -1.06. The van der Waals surface area contributed by atoms with Crippen molar-refractivity contribution in [2.24, 2.45) is 0 Å². The highest BCUT2D eigenvalue weighted by atomic mass is 16.5. The first kappa shape index (κ1) is 28.2. The van der Waals surface area contributed by atoms with Crippen LogP contribution in [-0.2, 0) is 14.3 Å². The number of unbranched alkanes of at least 4 members (excludes halogenated alkanes) is 10.